The lowest BCUT2D eigenvalue weighted by Crippen LogP contribution is -2.56. The maximum atomic E-state index is 11.6. The molecule has 5 nitrogen and oxygen atoms in total. The van der Waals surface area contributed by atoms with Gasteiger partial charge >= 0.3 is 11.9 Å². The Morgan fingerprint density at radius 1 is 0.947 bits per heavy atom. The fraction of sp³-hybridized carbons (Fsp3) is 0.857. The molecule has 0 aromatic heterocycles. The van der Waals surface area contributed by atoms with Gasteiger partial charge in [0.25, 0.3) is 0 Å². The van der Waals surface area contributed by atoms with Gasteiger partial charge in [0.2, 0.25) is 0 Å². The van der Waals surface area contributed by atoms with Crippen LogP contribution in [0.25, 0.3) is 0 Å². The first-order valence-corrected chi connectivity index (χ1v) is 7.16. The van der Waals surface area contributed by atoms with Crippen LogP contribution in [-0.4, -0.2) is 32.9 Å². The summed E-state index contributed by atoms with van der Waals surface area (Å²) < 4.78 is 0. The number of carboxylic acid groups (broad SMARTS) is 2. The van der Waals surface area contributed by atoms with Crippen molar-refractivity contribution in [3.05, 3.63) is 0 Å². The first-order chi connectivity index (χ1) is 8.98. The molecule has 0 bridgehead atoms. The smallest absolute Gasteiger partial charge is 0.336 e. The van der Waals surface area contributed by atoms with Gasteiger partial charge in [-0.05, 0) is 37.5 Å². The lowest BCUT2D eigenvalue weighted by molar-refractivity contribution is -0.186. The summed E-state index contributed by atoms with van der Waals surface area (Å²) in [5.74, 6) is -4.33. The molecule has 2 atom stereocenters. The molecule has 2 saturated carbocycles. The molecule has 0 amide bonds. The molecule has 2 unspecified atom stereocenters. The molecule has 5 heteroatoms. The van der Waals surface area contributed by atoms with Crippen LogP contribution in [0, 0.1) is 17.8 Å². The highest BCUT2D eigenvalue weighted by Gasteiger charge is 2.56. The third-order valence-corrected chi connectivity index (χ3v) is 4.93. The van der Waals surface area contributed by atoms with Crippen LogP contribution in [0.15, 0.2) is 0 Å². The Morgan fingerprint density at radius 2 is 1.42 bits per heavy atom. The normalized spacial score (nSPS) is 26.2. The van der Waals surface area contributed by atoms with Crippen molar-refractivity contribution in [1.29, 1.82) is 0 Å². The molecule has 0 saturated heterocycles. The van der Waals surface area contributed by atoms with Gasteiger partial charge in [0, 0.05) is 0 Å². The molecule has 0 aromatic rings. The molecule has 2 aliphatic rings. The molecule has 0 heterocycles. The van der Waals surface area contributed by atoms with Crippen molar-refractivity contribution >= 4 is 11.9 Å². The number of rotatable bonds is 5. The van der Waals surface area contributed by atoms with E-state index in [9.17, 15) is 24.9 Å². The summed E-state index contributed by atoms with van der Waals surface area (Å²) in [5, 5.41) is 29.6. The van der Waals surface area contributed by atoms with Crippen LogP contribution < -0.4 is 0 Å². The van der Waals surface area contributed by atoms with E-state index in [2.05, 4.69) is 0 Å². The maximum absolute atomic E-state index is 11.6. The molecule has 2 rings (SSSR count). The molecular formula is C14H22O5. The Labute approximate surface area is 112 Å². The second kappa shape index (κ2) is 5.49. The molecule has 2 fully saturated rings. The molecule has 0 aliphatic heterocycles. The van der Waals surface area contributed by atoms with E-state index >= 15 is 0 Å². The molecule has 19 heavy (non-hydrogen) atoms. The zero-order chi connectivity index (χ0) is 14.0. The van der Waals surface area contributed by atoms with Gasteiger partial charge in [0.05, 0.1) is 5.92 Å². The highest BCUT2D eigenvalue weighted by atomic mass is 16.4. The van der Waals surface area contributed by atoms with Gasteiger partial charge in [-0.2, -0.15) is 0 Å². The van der Waals surface area contributed by atoms with Crippen LogP contribution in [0.1, 0.15) is 51.4 Å². The van der Waals surface area contributed by atoms with E-state index in [4.69, 9.17) is 0 Å². The first kappa shape index (κ1) is 14.3. The number of hydrogen-bond donors (Lipinski definition) is 3. The van der Waals surface area contributed by atoms with Gasteiger partial charge in [-0.1, -0.05) is 25.7 Å². The van der Waals surface area contributed by atoms with Gasteiger partial charge in [0.1, 0.15) is 0 Å². The predicted molar refractivity (Wildman–Crippen MR) is 67.6 cm³/mol. The van der Waals surface area contributed by atoms with Crippen LogP contribution in [0.3, 0.4) is 0 Å². The van der Waals surface area contributed by atoms with Crippen molar-refractivity contribution in [2.24, 2.45) is 17.8 Å². The van der Waals surface area contributed by atoms with Crippen molar-refractivity contribution in [2.75, 3.05) is 0 Å². The minimum absolute atomic E-state index is 0.209. The van der Waals surface area contributed by atoms with Gasteiger partial charge in [-0.25, -0.2) is 4.79 Å². The highest BCUT2D eigenvalue weighted by Crippen LogP contribution is 2.45. The van der Waals surface area contributed by atoms with E-state index in [0.717, 1.165) is 25.7 Å². The zero-order valence-corrected chi connectivity index (χ0v) is 11.0. The molecular weight excluding hydrogens is 248 g/mol. The molecule has 108 valence electrons. The predicted octanol–water partition coefficient (Wildman–Crippen LogP) is 1.88. The average Bonchev–Trinajstić information content (AvgIpc) is 3.01. The van der Waals surface area contributed by atoms with E-state index in [1.807, 2.05) is 0 Å². The lowest BCUT2D eigenvalue weighted by Gasteiger charge is -2.37. The fourth-order valence-corrected chi connectivity index (χ4v) is 3.97. The maximum Gasteiger partial charge on any atom is 0.336 e. The largest absolute Gasteiger partial charge is 0.481 e. The van der Waals surface area contributed by atoms with Gasteiger partial charge < -0.3 is 15.3 Å². The van der Waals surface area contributed by atoms with E-state index in [0.29, 0.717) is 25.7 Å². The van der Waals surface area contributed by atoms with E-state index in [1.165, 1.54) is 0 Å². The molecule has 0 spiro atoms. The Hall–Kier alpha value is -1.10. The lowest BCUT2D eigenvalue weighted by atomic mass is 9.69. The van der Waals surface area contributed by atoms with Gasteiger partial charge in [-0.15, -0.1) is 0 Å². The summed E-state index contributed by atoms with van der Waals surface area (Å²) in [4.78, 5) is 23.2. The van der Waals surface area contributed by atoms with Crippen LogP contribution in [0.5, 0.6) is 0 Å². The zero-order valence-electron chi connectivity index (χ0n) is 11.0. The van der Waals surface area contributed by atoms with Crippen LogP contribution >= 0.6 is 0 Å². The summed E-state index contributed by atoms with van der Waals surface area (Å²) >= 11 is 0. The average molecular weight is 270 g/mol. The van der Waals surface area contributed by atoms with Crippen molar-refractivity contribution in [2.45, 2.75) is 57.0 Å². The summed E-state index contributed by atoms with van der Waals surface area (Å²) in [5.41, 5.74) is -2.10. The Kier molecular flexibility index (Phi) is 4.13. The summed E-state index contributed by atoms with van der Waals surface area (Å²) in [6.45, 7) is 0. The fourth-order valence-electron chi connectivity index (χ4n) is 3.97. The third kappa shape index (κ3) is 2.48. The number of aliphatic hydroxyl groups is 1. The standard InChI is InChI=1S/C14H22O5/c15-12(16)11(9-5-1-2-6-9)14(19,13(17)18)10-7-3-4-8-10/h9-11,19H,1-8H2,(H,15,16)(H,17,18). The van der Waals surface area contributed by atoms with Crippen molar-refractivity contribution < 1.29 is 24.9 Å². The topological polar surface area (TPSA) is 94.8 Å². The Balaban J connectivity index is 2.32. The van der Waals surface area contributed by atoms with Crippen molar-refractivity contribution in [3.8, 4) is 0 Å². The van der Waals surface area contributed by atoms with Crippen molar-refractivity contribution in [1.82, 2.24) is 0 Å². The van der Waals surface area contributed by atoms with Crippen molar-refractivity contribution in [3.63, 3.8) is 0 Å². The van der Waals surface area contributed by atoms with E-state index in [-0.39, 0.29) is 5.92 Å². The molecule has 3 N–H and O–H groups in total. The van der Waals surface area contributed by atoms with Crippen LogP contribution in [-0.2, 0) is 9.59 Å². The van der Waals surface area contributed by atoms with E-state index in [1.54, 1.807) is 0 Å². The highest BCUT2D eigenvalue weighted by molar-refractivity contribution is 5.86. The summed E-state index contributed by atoms with van der Waals surface area (Å²) in [6, 6.07) is 0. The molecule has 2 aliphatic carbocycles. The van der Waals surface area contributed by atoms with Crippen LogP contribution in [0.2, 0.25) is 0 Å². The quantitative estimate of drug-likeness (QED) is 0.709. The summed E-state index contributed by atoms with van der Waals surface area (Å²) in [6.07, 6.45) is 6.23. The number of carbonyl (C=O) groups is 2. The number of carboxylic acids is 2. The minimum Gasteiger partial charge on any atom is -0.481 e. The molecule has 0 aromatic carbocycles. The Bertz CT molecular complexity index is 355. The monoisotopic (exact) mass is 270 g/mol. The van der Waals surface area contributed by atoms with Gasteiger partial charge in [-0.3, -0.25) is 4.79 Å². The SMILES string of the molecule is O=C(O)C(C1CCCC1)C(O)(C(=O)O)C1CCCC1. The second-order valence-electron chi connectivity index (χ2n) is 5.97. The minimum atomic E-state index is -2.10. The Morgan fingerprint density at radius 3 is 1.84 bits per heavy atom. The number of aliphatic carboxylic acids is 2. The number of hydrogen-bond acceptors (Lipinski definition) is 3. The van der Waals surface area contributed by atoms with Crippen LogP contribution in [0.4, 0.5) is 0 Å². The summed E-state index contributed by atoms with van der Waals surface area (Å²) in [7, 11) is 0. The second-order valence-corrected chi connectivity index (χ2v) is 5.97. The third-order valence-electron chi connectivity index (χ3n) is 4.93. The van der Waals surface area contributed by atoms with Gasteiger partial charge in [0.15, 0.2) is 5.60 Å². The van der Waals surface area contributed by atoms with E-state index < -0.39 is 29.4 Å². The first-order valence-electron chi connectivity index (χ1n) is 7.16. The molecule has 0 radical (unpaired) electrons.